The van der Waals surface area contributed by atoms with Crippen molar-refractivity contribution in [3.8, 4) is 0 Å². The first kappa shape index (κ1) is 19.9. The Labute approximate surface area is 168 Å². The van der Waals surface area contributed by atoms with Crippen molar-refractivity contribution in [1.82, 2.24) is 5.32 Å². The maximum atomic E-state index is 12.2. The quantitative estimate of drug-likeness (QED) is 0.731. The summed E-state index contributed by atoms with van der Waals surface area (Å²) in [4.78, 5) is 37.4. The van der Waals surface area contributed by atoms with Crippen LogP contribution in [0, 0.1) is 6.92 Å². The number of carbonyl (C=O) groups excluding carboxylic acids is 3. The fraction of sp³-hybridized carbons (Fsp3) is 0.286. The second-order valence-electron chi connectivity index (χ2n) is 6.63. The first-order valence-corrected chi connectivity index (χ1v) is 9.89. The van der Waals surface area contributed by atoms with Crippen LogP contribution in [0.5, 0.6) is 0 Å². The van der Waals surface area contributed by atoms with E-state index in [0.717, 1.165) is 21.7 Å². The molecule has 0 fully saturated rings. The molecule has 0 aromatic heterocycles. The second kappa shape index (κ2) is 8.93. The minimum absolute atomic E-state index is 0.0968. The average molecular weight is 398 g/mol. The van der Waals surface area contributed by atoms with Crippen LogP contribution in [0.2, 0.25) is 0 Å². The lowest BCUT2D eigenvalue weighted by atomic mass is 10.1. The minimum Gasteiger partial charge on any atom is -0.453 e. The molecular formula is C21H22N2O4S. The maximum absolute atomic E-state index is 12.2. The van der Waals surface area contributed by atoms with Crippen molar-refractivity contribution in [3.63, 3.8) is 0 Å². The number of aryl methyl sites for hydroxylation is 1. The molecular weight excluding hydrogens is 376 g/mol. The average Bonchev–Trinajstić information content (AvgIpc) is 2.67. The lowest BCUT2D eigenvalue weighted by molar-refractivity contribution is -0.155. The molecule has 1 aliphatic rings. The molecule has 0 aliphatic carbocycles. The van der Waals surface area contributed by atoms with Crippen LogP contribution in [-0.2, 0) is 25.7 Å². The minimum atomic E-state index is -0.929. The Hall–Kier alpha value is -2.80. The van der Waals surface area contributed by atoms with E-state index in [-0.39, 0.29) is 18.2 Å². The molecule has 2 aromatic carbocycles. The van der Waals surface area contributed by atoms with E-state index in [9.17, 15) is 14.4 Å². The van der Waals surface area contributed by atoms with Gasteiger partial charge in [-0.25, -0.2) is 0 Å². The monoisotopic (exact) mass is 398 g/mol. The zero-order valence-corrected chi connectivity index (χ0v) is 16.5. The summed E-state index contributed by atoms with van der Waals surface area (Å²) in [7, 11) is 0. The summed E-state index contributed by atoms with van der Waals surface area (Å²) < 4.78 is 5.21. The highest BCUT2D eigenvalue weighted by atomic mass is 32.2. The van der Waals surface area contributed by atoms with Crippen molar-refractivity contribution in [2.45, 2.75) is 43.1 Å². The molecule has 2 N–H and O–H groups in total. The van der Waals surface area contributed by atoms with Gasteiger partial charge in [0.2, 0.25) is 5.91 Å². The molecule has 0 unspecified atom stereocenters. The Morgan fingerprint density at radius 2 is 1.89 bits per heavy atom. The van der Waals surface area contributed by atoms with Gasteiger partial charge in [-0.1, -0.05) is 42.0 Å². The largest absolute Gasteiger partial charge is 0.453 e. The first-order valence-electron chi connectivity index (χ1n) is 9.01. The van der Waals surface area contributed by atoms with Crippen molar-refractivity contribution >= 4 is 35.2 Å². The van der Waals surface area contributed by atoms with E-state index in [4.69, 9.17) is 4.74 Å². The van der Waals surface area contributed by atoms with E-state index < -0.39 is 17.3 Å². The van der Waals surface area contributed by atoms with Crippen molar-refractivity contribution < 1.29 is 19.1 Å². The Morgan fingerprint density at radius 1 is 1.18 bits per heavy atom. The van der Waals surface area contributed by atoms with Crippen LogP contribution in [0.15, 0.2) is 53.4 Å². The van der Waals surface area contributed by atoms with E-state index in [1.165, 1.54) is 18.7 Å². The number of hydrogen-bond donors (Lipinski definition) is 2. The van der Waals surface area contributed by atoms with Gasteiger partial charge in [0.15, 0.2) is 6.10 Å². The highest BCUT2D eigenvalue weighted by molar-refractivity contribution is 8.01. The summed E-state index contributed by atoms with van der Waals surface area (Å²) in [5.41, 5.74) is 2.85. The molecule has 0 bridgehead atoms. The Balaban J connectivity index is 1.48. The molecule has 2 aromatic rings. The highest BCUT2D eigenvalue weighted by Gasteiger charge is 2.30. The Kier molecular flexibility index (Phi) is 6.36. The molecule has 28 heavy (non-hydrogen) atoms. The lowest BCUT2D eigenvalue weighted by Crippen LogP contribution is -2.37. The molecule has 1 heterocycles. The molecule has 2 atom stereocenters. The van der Waals surface area contributed by atoms with Crippen LogP contribution in [0.4, 0.5) is 5.69 Å². The summed E-state index contributed by atoms with van der Waals surface area (Å²) in [6.45, 7) is 3.87. The lowest BCUT2D eigenvalue weighted by Gasteiger charge is -2.23. The van der Waals surface area contributed by atoms with E-state index in [0.29, 0.717) is 6.54 Å². The highest BCUT2D eigenvalue weighted by Crippen LogP contribution is 2.36. The Bertz CT molecular complexity index is 882. The van der Waals surface area contributed by atoms with Crippen LogP contribution >= 0.6 is 11.8 Å². The third-order valence-corrected chi connectivity index (χ3v) is 5.60. The molecule has 0 spiro atoms. The summed E-state index contributed by atoms with van der Waals surface area (Å²) in [6, 6.07) is 15.2. The van der Waals surface area contributed by atoms with Crippen molar-refractivity contribution in [3.05, 3.63) is 59.7 Å². The number of fused-ring (bicyclic) bond motifs is 1. The summed E-state index contributed by atoms with van der Waals surface area (Å²) >= 11 is 1.32. The number of anilines is 1. The van der Waals surface area contributed by atoms with E-state index in [1.54, 1.807) is 0 Å². The Morgan fingerprint density at radius 3 is 2.64 bits per heavy atom. The van der Waals surface area contributed by atoms with Gasteiger partial charge >= 0.3 is 5.97 Å². The standard InChI is InChI=1S/C21H22N2O4S/c1-13-7-9-15(10-8-13)12-22-20(25)14(2)27-19(24)11-18-21(26)23-16-5-3-4-6-17(16)28-18/h3-10,14,18H,11-12H2,1-2H3,(H,22,25)(H,23,26)/t14-,18-/m0/s1. The van der Waals surface area contributed by atoms with Gasteiger partial charge in [0.05, 0.1) is 17.4 Å². The number of carbonyl (C=O) groups is 3. The molecule has 2 amide bonds. The number of rotatable bonds is 6. The zero-order valence-electron chi connectivity index (χ0n) is 15.7. The van der Waals surface area contributed by atoms with Crippen LogP contribution in [0.3, 0.4) is 0 Å². The number of para-hydroxylation sites is 1. The molecule has 146 valence electrons. The number of ether oxygens (including phenoxy) is 1. The fourth-order valence-electron chi connectivity index (χ4n) is 2.72. The molecule has 7 heteroatoms. The van der Waals surface area contributed by atoms with E-state index in [1.807, 2.05) is 55.5 Å². The third kappa shape index (κ3) is 5.13. The summed E-state index contributed by atoms with van der Waals surface area (Å²) in [5.74, 6) is -1.19. The van der Waals surface area contributed by atoms with Crippen molar-refractivity contribution in [1.29, 1.82) is 0 Å². The van der Waals surface area contributed by atoms with Crippen LogP contribution < -0.4 is 10.6 Å². The second-order valence-corrected chi connectivity index (χ2v) is 7.88. The normalized spacial score (nSPS) is 16.5. The van der Waals surface area contributed by atoms with Gasteiger partial charge in [-0.05, 0) is 31.5 Å². The van der Waals surface area contributed by atoms with Crippen LogP contribution in [0.1, 0.15) is 24.5 Å². The number of benzene rings is 2. The smallest absolute Gasteiger partial charge is 0.308 e. The maximum Gasteiger partial charge on any atom is 0.308 e. The molecule has 6 nitrogen and oxygen atoms in total. The van der Waals surface area contributed by atoms with Gasteiger partial charge < -0.3 is 15.4 Å². The fourth-order valence-corrected chi connectivity index (χ4v) is 3.81. The molecule has 0 saturated carbocycles. The van der Waals surface area contributed by atoms with E-state index >= 15 is 0 Å². The predicted molar refractivity (Wildman–Crippen MR) is 108 cm³/mol. The number of nitrogens with one attached hydrogen (secondary N) is 2. The van der Waals surface area contributed by atoms with Gasteiger partial charge in [-0.3, -0.25) is 14.4 Å². The van der Waals surface area contributed by atoms with Crippen molar-refractivity contribution in [2.24, 2.45) is 0 Å². The summed E-state index contributed by atoms with van der Waals surface area (Å²) in [5, 5.41) is 4.96. The number of hydrogen-bond acceptors (Lipinski definition) is 5. The SMILES string of the molecule is Cc1ccc(CNC(=O)[C@H](C)OC(=O)C[C@@H]2Sc3ccccc3NC2=O)cc1. The molecule has 0 saturated heterocycles. The molecule has 0 radical (unpaired) electrons. The van der Waals surface area contributed by atoms with Gasteiger partial charge in [0.25, 0.3) is 5.91 Å². The van der Waals surface area contributed by atoms with Crippen LogP contribution in [0.25, 0.3) is 0 Å². The van der Waals surface area contributed by atoms with Gasteiger partial charge in [0, 0.05) is 11.4 Å². The number of thioether (sulfide) groups is 1. The van der Waals surface area contributed by atoms with Crippen LogP contribution in [-0.4, -0.2) is 29.1 Å². The van der Waals surface area contributed by atoms with Gasteiger partial charge in [0.1, 0.15) is 0 Å². The predicted octanol–water partition coefficient (Wildman–Crippen LogP) is 3.05. The molecule has 1 aliphatic heterocycles. The number of amides is 2. The van der Waals surface area contributed by atoms with E-state index in [2.05, 4.69) is 10.6 Å². The number of esters is 1. The van der Waals surface area contributed by atoms with Gasteiger partial charge in [-0.2, -0.15) is 0 Å². The molecule has 3 rings (SSSR count). The summed E-state index contributed by atoms with van der Waals surface area (Å²) in [6.07, 6.45) is -1.03. The van der Waals surface area contributed by atoms with Crippen molar-refractivity contribution in [2.75, 3.05) is 5.32 Å². The zero-order chi connectivity index (χ0) is 20.1. The van der Waals surface area contributed by atoms with Gasteiger partial charge in [-0.15, -0.1) is 11.8 Å². The first-order chi connectivity index (χ1) is 13.4. The third-order valence-electron chi connectivity index (χ3n) is 4.32. The topological polar surface area (TPSA) is 84.5 Å².